The molecule has 1 aliphatic rings. The predicted molar refractivity (Wildman–Crippen MR) is 108 cm³/mol. The van der Waals surface area contributed by atoms with E-state index in [9.17, 15) is 4.79 Å². The number of aromatic nitrogens is 4. The van der Waals surface area contributed by atoms with E-state index >= 15 is 0 Å². The molecule has 28 heavy (non-hydrogen) atoms. The minimum atomic E-state index is -0.321. The summed E-state index contributed by atoms with van der Waals surface area (Å²) in [6.07, 6.45) is 0.617. The average molecular weight is 416 g/mol. The van der Waals surface area contributed by atoms with Crippen LogP contribution in [0.15, 0.2) is 54.6 Å². The molecule has 4 rings (SSSR count). The third-order valence-corrected chi connectivity index (χ3v) is 5.49. The van der Waals surface area contributed by atoms with E-state index in [-0.39, 0.29) is 17.4 Å². The summed E-state index contributed by atoms with van der Waals surface area (Å²) in [5.74, 6) is 1.14. The molecule has 0 bridgehead atoms. The Morgan fingerprint density at radius 1 is 1.07 bits per heavy atom. The Labute approximate surface area is 171 Å². The van der Waals surface area contributed by atoms with Gasteiger partial charge in [-0.1, -0.05) is 41.9 Å². The van der Waals surface area contributed by atoms with E-state index in [4.69, 9.17) is 11.6 Å². The second-order valence-electron chi connectivity index (χ2n) is 6.21. The van der Waals surface area contributed by atoms with E-state index < -0.39 is 0 Å². The van der Waals surface area contributed by atoms with Gasteiger partial charge in [0.05, 0.1) is 11.4 Å². The molecule has 144 valence electrons. The lowest BCUT2D eigenvalue weighted by molar-refractivity contribution is -0.125. The zero-order valence-electron chi connectivity index (χ0n) is 14.7. The van der Waals surface area contributed by atoms with Gasteiger partial charge in [-0.25, -0.2) is 10.9 Å². The largest absolute Gasteiger partial charge is 0.329 e. The van der Waals surface area contributed by atoms with Crippen molar-refractivity contribution in [2.75, 3.05) is 0 Å². The molecule has 2 heterocycles. The number of halogens is 1. The Balaban J connectivity index is 1.33. The molecule has 2 aromatic carbocycles. The van der Waals surface area contributed by atoms with Gasteiger partial charge in [-0.3, -0.25) is 4.79 Å². The summed E-state index contributed by atoms with van der Waals surface area (Å²) in [7, 11) is 0. The molecule has 1 fully saturated rings. The summed E-state index contributed by atoms with van der Waals surface area (Å²) in [5, 5.41) is 15.5. The number of benzene rings is 2. The van der Waals surface area contributed by atoms with Crippen LogP contribution in [0, 0.1) is 0 Å². The molecule has 8 nitrogen and oxygen atoms in total. The van der Waals surface area contributed by atoms with Gasteiger partial charge in [0, 0.05) is 5.02 Å². The number of rotatable bonds is 6. The van der Waals surface area contributed by atoms with E-state index in [1.165, 1.54) is 11.8 Å². The Hall–Kier alpha value is -2.46. The highest BCUT2D eigenvalue weighted by atomic mass is 35.5. The summed E-state index contributed by atoms with van der Waals surface area (Å²) >= 11 is 7.42. The van der Waals surface area contributed by atoms with Crippen molar-refractivity contribution in [1.29, 1.82) is 0 Å². The van der Waals surface area contributed by atoms with Crippen molar-refractivity contribution >= 4 is 29.3 Å². The molecule has 0 saturated carbocycles. The molecule has 2 unspecified atom stereocenters. The summed E-state index contributed by atoms with van der Waals surface area (Å²) in [6, 6.07) is 16.9. The molecule has 1 saturated heterocycles. The number of hydrogen-bond acceptors (Lipinski definition) is 7. The van der Waals surface area contributed by atoms with Crippen LogP contribution in [-0.4, -0.2) is 37.7 Å². The third-order valence-electron chi connectivity index (χ3n) is 4.25. The van der Waals surface area contributed by atoms with Crippen LogP contribution in [0.25, 0.3) is 5.69 Å². The standard InChI is InChI=1S/C18H18ClN7OS/c19-13-6-8-14(9-7-13)26-16(22-24-25-26)11-28-18-20-17(27)15(21-23-18)10-12-4-2-1-3-5-12/h1-9,15,18,21,23H,10-11H2,(H,20,27). The second kappa shape index (κ2) is 8.70. The maximum absolute atomic E-state index is 12.4. The number of tetrazole rings is 1. The average Bonchev–Trinajstić information content (AvgIpc) is 3.18. The van der Waals surface area contributed by atoms with E-state index in [0.717, 1.165) is 11.3 Å². The van der Waals surface area contributed by atoms with Crippen LogP contribution in [0.5, 0.6) is 0 Å². The third kappa shape index (κ3) is 4.50. The Kier molecular flexibility index (Phi) is 5.87. The summed E-state index contributed by atoms with van der Waals surface area (Å²) < 4.78 is 1.65. The molecular formula is C18H18ClN7OS. The van der Waals surface area contributed by atoms with Gasteiger partial charge in [0.1, 0.15) is 11.5 Å². The first-order valence-corrected chi connectivity index (χ1v) is 10.1. The first-order valence-electron chi connectivity index (χ1n) is 8.69. The molecule has 2 atom stereocenters. The molecule has 1 aliphatic heterocycles. The highest BCUT2D eigenvalue weighted by Gasteiger charge is 2.27. The number of nitrogens with one attached hydrogen (secondary N) is 3. The van der Waals surface area contributed by atoms with Crippen molar-refractivity contribution in [3.8, 4) is 5.69 Å². The van der Waals surface area contributed by atoms with Crippen molar-refractivity contribution in [3.63, 3.8) is 0 Å². The summed E-state index contributed by atoms with van der Waals surface area (Å²) in [5.41, 5.74) is 7.87. The van der Waals surface area contributed by atoms with Gasteiger partial charge in [0.25, 0.3) is 0 Å². The van der Waals surface area contributed by atoms with Crippen molar-refractivity contribution in [2.24, 2.45) is 0 Å². The molecular weight excluding hydrogens is 398 g/mol. The van der Waals surface area contributed by atoms with Gasteiger partial charge in [-0.2, -0.15) is 4.68 Å². The zero-order valence-corrected chi connectivity index (χ0v) is 16.3. The fourth-order valence-corrected chi connectivity index (χ4v) is 3.79. The quantitative estimate of drug-likeness (QED) is 0.563. The van der Waals surface area contributed by atoms with E-state index in [1.54, 1.807) is 16.8 Å². The fraction of sp³-hybridized carbons (Fsp3) is 0.222. The Bertz CT molecular complexity index is 935. The number of amides is 1. The number of carbonyl (C=O) groups is 1. The normalized spacial score (nSPS) is 19.4. The van der Waals surface area contributed by atoms with Crippen LogP contribution in [0.3, 0.4) is 0 Å². The number of thioether (sulfide) groups is 1. The van der Waals surface area contributed by atoms with Crippen molar-refractivity contribution < 1.29 is 4.79 Å². The molecule has 0 aliphatic carbocycles. The highest BCUT2D eigenvalue weighted by Crippen LogP contribution is 2.18. The SMILES string of the molecule is O=C1NC(SCc2nnnn2-c2ccc(Cl)cc2)NNC1Cc1ccccc1. The molecule has 3 N–H and O–H groups in total. The van der Waals surface area contributed by atoms with Gasteiger partial charge in [-0.05, 0) is 46.7 Å². The lowest BCUT2D eigenvalue weighted by Crippen LogP contribution is -2.64. The molecule has 3 aromatic rings. The number of hydrogen-bond donors (Lipinski definition) is 3. The number of carbonyl (C=O) groups excluding carboxylic acids is 1. The molecule has 0 radical (unpaired) electrons. The van der Waals surface area contributed by atoms with Crippen LogP contribution >= 0.6 is 23.4 Å². The zero-order chi connectivity index (χ0) is 19.3. The Morgan fingerprint density at radius 2 is 1.86 bits per heavy atom. The van der Waals surface area contributed by atoms with Gasteiger partial charge >= 0.3 is 0 Å². The van der Waals surface area contributed by atoms with Crippen LogP contribution in [0.4, 0.5) is 0 Å². The van der Waals surface area contributed by atoms with Crippen molar-refractivity contribution in [2.45, 2.75) is 23.7 Å². The first kappa shape index (κ1) is 18.9. The minimum Gasteiger partial charge on any atom is -0.329 e. The van der Waals surface area contributed by atoms with Gasteiger partial charge < -0.3 is 5.32 Å². The second-order valence-corrected chi connectivity index (χ2v) is 7.74. The lowest BCUT2D eigenvalue weighted by atomic mass is 10.1. The fourth-order valence-electron chi connectivity index (χ4n) is 2.82. The van der Waals surface area contributed by atoms with Crippen LogP contribution in [0.2, 0.25) is 5.02 Å². The van der Waals surface area contributed by atoms with E-state index in [1.807, 2.05) is 42.5 Å². The van der Waals surface area contributed by atoms with Crippen LogP contribution < -0.4 is 16.2 Å². The number of hydrazine groups is 1. The topological polar surface area (TPSA) is 96.8 Å². The van der Waals surface area contributed by atoms with E-state index in [0.29, 0.717) is 23.0 Å². The highest BCUT2D eigenvalue weighted by molar-refractivity contribution is 7.99. The van der Waals surface area contributed by atoms with Gasteiger partial charge in [0.2, 0.25) is 5.91 Å². The first-order chi connectivity index (χ1) is 13.7. The monoisotopic (exact) mass is 415 g/mol. The molecule has 10 heteroatoms. The Morgan fingerprint density at radius 3 is 2.61 bits per heavy atom. The predicted octanol–water partition coefficient (Wildman–Crippen LogP) is 1.67. The smallest absolute Gasteiger partial charge is 0.240 e. The summed E-state index contributed by atoms with van der Waals surface area (Å²) in [4.78, 5) is 12.4. The van der Waals surface area contributed by atoms with Gasteiger partial charge in [0.15, 0.2) is 5.82 Å². The van der Waals surface area contributed by atoms with E-state index in [2.05, 4.69) is 31.7 Å². The minimum absolute atomic E-state index is 0.0441. The number of nitrogens with zero attached hydrogens (tertiary/aromatic N) is 4. The summed E-state index contributed by atoms with van der Waals surface area (Å²) in [6.45, 7) is 0. The molecule has 0 spiro atoms. The van der Waals surface area contributed by atoms with Gasteiger partial charge in [-0.15, -0.1) is 16.9 Å². The van der Waals surface area contributed by atoms with Crippen molar-refractivity contribution in [3.05, 3.63) is 71.0 Å². The molecule has 1 aromatic heterocycles. The molecule has 1 amide bonds. The maximum Gasteiger partial charge on any atom is 0.240 e. The van der Waals surface area contributed by atoms with Crippen LogP contribution in [0.1, 0.15) is 11.4 Å². The van der Waals surface area contributed by atoms with Crippen LogP contribution in [-0.2, 0) is 17.0 Å². The maximum atomic E-state index is 12.4. The lowest BCUT2D eigenvalue weighted by Gasteiger charge is -2.31. The van der Waals surface area contributed by atoms with Crippen molar-refractivity contribution in [1.82, 2.24) is 36.4 Å².